The number of nitrogens with zero attached hydrogens (tertiary/aromatic N) is 6. The SMILES string of the molecule is C(#CC12CCCN1CCC2)c1nc(-c2n[nH]c(/C=C\C34CCCN3CCC4)n2)n[nH]1. The summed E-state index contributed by atoms with van der Waals surface area (Å²) in [4.78, 5) is 14.2. The van der Waals surface area contributed by atoms with Gasteiger partial charge in [0.2, 0.25) is 17.5 Å². The lowest BCUT2D eigenvalue weighted by Crippen LogP contribution is -2.36. The number of hydrogen-bond acceptors (Lipinski definition) is 6. The van der Waals surface area contributed by atoms with Crippen LogP contribution in [0.2, 0.25) is 0 Å². The first-order valence-electron chi connectivity index (χ1n) is 11.3. The van der Waals surface area contributed by atoms with Crippen LogP contribution in [-0.2, 0) is 0 Å². The average Bonchev–Trinajstić information content (AvgIpc) is 3.55. The monoisotopic (exact) mass is 404 g/mol. The number of nitrogens with one attached hydrogen (secondary N) is 2. The van der Waals surface area contributed by atoms with Gasteiger partial charge in [-0.1, -0.05) is 12.0 Å². The molecule has 0 radical (unpaired) electrons. The molecular weight excluding hydrogens is 376 g/mol. The number of aromatic nitrogens is 6. The number of hydrogen-bond donors (Lipinski definition) is 2. The molecule has 4 fully saturated rings. The van der Waals surface area contributed by atoms with Gasteiger partial charge in [-0.3, -0.25) is 20.0 Å². The fourth-order valence-electron chi connectivity index (χ4n) is 6.01. The van der Waals surface area contributed by atoms with Gasteiger partial charge in [-0.2, -0.15) is 4.98 Å². The van der Waals surface area contributed by atoms with Crippen LogP contribution < -0.4 is 0 Å². The van der Waals surface area contributed by atoms with Crippen LogP contribution in [-0.4, -0.2) is 77.4 Å². The van der Waals surface area contributed by atoms with Crippen molar-refractivity contribution in [2.45, 2.75) is 62.4 Å². The molecule has 0 unspecified atom stereocenters. The van der Waals surface area contributed by atoms with E-state index in [1.54, 1.807) is 0 Å². The Bertz CT molecular complexity index is 1000. The fraction of sp³-hybridized carbons (Fsp3) is 0.636. The molecule has 156 valence electrons. The molecule has 2 aromatic rings. The van der Waals surface area contributed by atoms with Gasteiger partial charge in [-0.05, 0) is 89.5 Å². The predicted molar refractivity (Wildman–Crippen MR) is 113 cm³/mol. The molecule has 0 aliphatic carbocycles. The molecule has 0 saturated carbocycles. The Labute approximate surface area is 176 Å². The van der Waals surface area contributed by atoms with Crippen LogP contribution in [0.3, 0.4) is 0 Å². The van der Waals surface area contributed by atoms with Crippen molar-refractivity contribution in [3.63, 3.8) is 0 Å². The second-order valence-corrected chi connectivity index (χ2v) is 9.16. The van der Waals surface area contributed by atoms with Gasteiger partial charge < -0.3 is 0 Å². The minimum absolute atomic E-state index is 0.0588. The molecule has 8 heteroatoms. The summed E-state index contributed by atoms with van der Waals surface area (Å²) in [6.07, 6.45) is 14.2. The molecule has 2 N–H and O–H groups in total. The lowest BCUT2D eigenvalue weighted by molar-refractivity contribution is 0.251. The maximum absolute atomic E-state index is 4.58. The Kier molecular flexibility index (Phi) is 4.29. The molecule has 6 rings (SSSR count). The topological polar surface area (TPSA) is 89.6 Å². The first kappa shape index (κ1) is 18.3. The third kappa shape index (κ3) is 2.99. The zero-order chi connectivity index (χ0) is 20.0. The Balaban J connectivity index is 1.18. The van der Waals surface area contributed by atoms with Crippen molar-refractivity contribution in [3.8, 4) is 23.5 Å². The summed E-state index contributed by atoms with van der Waals surface area (Å²) in [6.45, 7) is 4.77. The minimum atomic E-state index is 0.0588. The third-order valence-corrected chi connectivity index (χ3v) is 7.50. The van der Waals surface area contributed by atoms with Crippen molar-refractivity contribution in [2.75, 3.05) is 26.2 Å². The Morgan fingerprint density at radius 3 is 2.27 bits per heavy atom. The Morgan fingerprint density at radius 1 is 0.800 bits per heavy atom. The van der Waals surface area contributed by atoms with E-state index in [-0.39, 0.29) is 11.1 Å². The van der Waals surface area contributed by atoms with E-state index in [2.05, 4.69) is 64.2 Å². The highest BCUT2D eigenvalue weighted by atomic mass is 15.3. The standard InChI is InChI=1S/C22H28N8/c1-7-21(8-2-14-29(21)13-1)11-5-17-23-19(27-25-17)20-24-18(26-28-20)6-12-22-9-3-15-30(22)16-4-10-22/h5,11H,1-4,7-10,13-16H2,(H,23,25,27)(H,24,26,28)/b11-5-. The molecule has 4 aliphatic rings. The van der Waals surface area contributed by atoms with Crippen LogP contribution in [0.15, 0.2) is 6.08 Å². The highest BCUT2D eigenvalue weighted by Crippen LogP contribution is 2.40. The lowest BCUT2D eigenvalue weighted by Gasteiger charge is -2.28. The number of rotatable bonds is 3. The van der Waals surface area contributed by atoms with Crippen molar-refractivity contribution in [1.29, 1.82) is 0 Å². The third-order valence-electron chi connectivity index (χ3n) is 7.50. The van der Waals surface area contributed by atoms with Gasteiger partial charge in [0.15, 0.2) is 0 Å². The van der Waals surface area contributed by atoms with E-state index in [0.29, 0.717) is 17.5 Å². The van der Waals surface area contributed by atoms with Gasteiger partial charge in [0, 0.05) is 5.54 Å². The van der Waals surface area contributed by atoms with Crippen LogP contribution >= 0.6 is 0 Å². The van der Waals surface area contributed by atoms with E-state index in [1.807, 2.05) is 0 Å². The summed E-state index contributed by atoms with van der Waals surface area (Å²) in [5.74, 6) is 9.06. The maximum Gasteiger partial charge on any atom is 0.221 e. The van der Waals surface area contributed by atoms with Crippen LogP contribution in [0, 0.1) is 11.8 Å². The van der Waals surface area contributed by atoms with E-state index < -0.39 is 0 Å². The van der Waals surface area contributed by atoms with E-state index >= 15 is 0 Å². The van der Waals surface area contributed by atoms with Crippen molar-refractivity contribution in [1.82, 2.24) is 40.2 Å². The first-order chi connectivity index (χ1) is 14.7. The Hall–Kier alpha value is -2.50. The van der Waals surface area contributed by atoms with Crippen LogP contribution in [0.5, 0.6) is 0 Å². The van der Waals surface area contributed by atoms with Crippen molar-refractivity contribution in [2.24, 2.45) is 0 Å². The normalized spacial score (nSPS) is 24.9. The number of H-pyrrole nitrogens is 2. The second-order valence-electron chi connectivity index (χ2n) is 9.16. The summed E-state index contributed by atoms with van der Waals surface area (Å²) in [5.41, 5.74) is 0.289. The molecule has 0 atom stereocenters. The summed E-state index contributed by atoms with van der Waals surface area (Å²) >= 11 is 0. The van der Waals surface area contributed by atoms with Gasteiger partial charge in [0.1, 0.15) is 5.82 Å². The number of fused-ring (bicyclic) bond motifs is 2. The zero-order valence-corrected chi connectivity index (χ0v) is 17.3. The summed E-state index contributed by atoms with van der Waals surface area (Å²) in [5, 5.41) is 14.6. The van der Waals surface area contributed by atoms with E-state index in [9.17, 15) is 0 Å². The largest absolute Gasteiger partial charge is 0.294 e. The minimum Gasteiger partial charge on any atom is -0.294 e. The maximum atomic E-state index is 4.58. The smallest absolute Gasteiger partial charge is 0.221 e. The molecule has 8 nitrogen and oxygen atoms in total. The summed E-state index contributed by atoms with van der Waals surface area (Å²) in [6, 6.07) is 0. The van der Waals surface area contributed by atoms with Crippen LogP contribution in [0.4, 0.5) is 0 Å². The molecule has 30 heavy (non-hydrogen) atoms. The highest BCUT2D eigenvalue weighted by molar-refractivity contribution is 5.49. The Morgan fingerprint density at radius 2 is 1.47 bits per heavy atom. The average molecular weight is 405 g/mol. The quantitative estimate of drug-likeness (QED) is 0.763. The van der Waals surface area contributed by atoms with Gasteiger partial charge in [-0.25, -0.2) is 4.98 Å². The van der Waals surface area contributed by atoms with Crippen molar-refractivity contribution >= 4 is 6.08 Å². The molecule has 0 aromatic carbocycles. The first-order valence-corrected chi connectivity index (χ1v) is 11.3. The van der Waals surface area contributed by atoms with Gasteiger partial charge in [0.05, 0.1) is 5.54 Å². The zero-order valence-electron chi connectivity index (χ0n) is 17.3. The second kappa shape index (κ2) is 7.03. The highest BCUT2D eigenvalue weighted by Gasteiger charge is 2.43. The van der Waals surface area contributed by atoms with Crippen molar-refractivity contribution in [3.05, 3.63) is 17.7 Å². The van der Waals surface area contributed by atoms with Crippen LogP contribution in [0.1, 0.15) is 63.0 Å². The van der Waals surface area contributed by atoms with E-state index in [0.717, 1.165) is 18.7 Å². The molecule has 6 heterocycles. The van der Waals surface area contributed by atoms with Gasteiger partial charge in [-0.15, -0.1) is 10.2 Å². The van der Waals surface area contributed by atoms with Crippen molar-refractivity contribution < 1.29 is 0 Å². The summed E-state index contributed by atoms with van der Waals surface area (Å²) < 4.78 is 0. The fourth-order valence-corrected chi connectivity index (χ4v) is 6.01. The van der Waals surface area contributed by atoms with E-state index in [4.69, 9.17) is 0 Å². The van der Waals surface area contributed by atoms with Gasteiger partial charge >= 0.3 is 0 Å². The van der Waals surface area contributed by atoms with Crippen LogP contribution in [0.25, 0.3) is 17.7 Å². The predicted octanol–water partition coefficient (Wildman–Crippen LogP) is 2.21. The molecule has 4 aliphatic heterocycles. The molecular formula is C22H28N8. The molecule has 4 saturated heterocycles. The molecule has 0 spiro atoms. The van der Waals surface area contributed by atoms with Gasteiger partial charge in [0.25, 0.3) is 0 Å². The molecule has 2 aromatic heterocycles. The summed E-state index contributed by atoms with van der Waals surface area (Å²) in [7, 11) is 0. The molecule has 0 amide bonds. The number of aromatic amines is 2. The van der Waals surface area contributed by atoms with E-state index in [1.165, 1.54) is 64.7 Å². The molecule has 0 bridgehead atoms. The lowest BCUT2D eigenvalue weighted by atomic mass is 9.93.